The van der Waals surface area contributed by atoms with E-state index in [2.05, 4.69) is 31.4 Å². The van der Waals surface area contributed by atoms with Crippen LogP contribution in [0.3, 0.4) is 0 Å². The molecule has 0 aliphatic carbocycles. The minimum Gasteiger partial charge on any atom is -0.453 e. The van der Waals surface area contributed by atoms with E-state index in [4.69, 9.17) is 21.6 Å². The molecule has 0 fully saturated rings. The fraction of sp³-hybridized carbons (Fsp3) is 0.158. The van der Waals surface area contributed by atoms with E-state index < -0.39 is 11.7 Å². The number of hydrogen-bond donors (Lipinski definition) is 1. The number of halogens is 3. The third kappa shape index (κ3) is 4.55. The molecular weight excluding hydrogens is 451 g/mol. The lowest BCUT2D eigenvalue weighted by atomic mass is 10.1. The second kappa shape index (κ2) is 8.50. The van der Waals surface area contributed by atoms with Crippen molar-refractivity contribution in [3.05, 3.63) is 56.8 Å². The van der Waals surface area contributed by atoms with Gasteiger partial charge in [-0.05, 0) is 36.8 Å². The molecule has 3 rings (SSSR count). The normalized spacial score (nSPS) is 13.8. The lowest BCUT2D eigenvalue weighted by molar-refractivity contribution is -0.114. The Kier molecular flexibility index (Phi) is 6.07. The maximum absolute atomic E-state index is 15.0. The predicted molar refractivity (Wildman–Crippen MR) is 108 cm³/mol. The number of carbonyl (C=O) groups excluding carboxylic acids is 1. The summed E-state index contributed by atoms with van der Waals surface area (Å²) in [6, 6.07) is 9.74. The highest BCUT2D eigenvalue weighted by Crippen LogP contribution is 2.35. The van der Waals surface area contributed by atoms with Crippen LogP contribution in [0.1, 0.15) is 18.1 Å². The van der Waals surface area contributed by atoms with Gasteiger partial charge in [-0.15, -0.1) is 0 Å². The Morgan fingerprint density at radius 1 is 1.39 bits per heavy atom. The molecule has 0 bridgehead atoms. The van der Waals surface area contributed by atoms with Crippen LogP contribution in [-0.4, -0.2) is 23.9 Å². The Hall–Kier alpha value is -2.76. The summed E-state index contributed by atoms with van der Waals surface area (Å²) >= 11 is 9.40. The fourth-order valence-corrected chi connectivity index (χ4v) is 3.11. The number of aliphatic imine (C=N–C) groups is 1. The van der Waals surface area contributed by atoms with Crippen LogP contribution < -0.4 is 10.2 Å². The van der Waals surface area contributed by atoms with Crippen molar-refractivity contribution in [3.63, 3.8) is 0 Å². The summed E-state index contributed by atoms with van der Waals surface area (Å²) < 4.78 is 21.3. The van der Waals surface area contributed by atoms with E-state index in [-0.39, 0.29) is 35.1 Å². The van der Waals surface area contributed by atoms with Gasteiger partial charge in [0.1, 0.15) is 5.75 Å². The minimum absolute atomic E-state index is 0.0877. The first-order valence-electron chi connectivity index (χ1n) is 8.09. The van der Waals surface area contributed by atoms with Crippen LogP contribution in [0, 0.1) is 17.1 Å². The standard InChI is InChI=1S/C19H13BrClFN4O2/c1-10-19(27)26-25-14(9-24-10)6-12-2-3-16(21)18(17(12)22)28-15-5-11(8-23)4-13(20)7-15/h2-5,7H,6,9H2,1H3,(H,26,27). The fourth-order valence-electron chi connectivity index (χ4n) is 2.45. The number of carbonyl (C=O) groups is 1. The van der Waals surface area contributed by atoms with Gasteiger partial charge in [-0.1, -0.05) is 33.6 Å². The first kappa shape index (κ1) is 20.0. The van der Waals surface area contributed by atoms with E-state index in [0.29, 0.717) is 21.5 Å². The molecule has 0 atom stereocenters. The third-order valence-electron chi connectivity index (χ3n) is 3.89. The monoisotopic (exact) mass is 462 g/mol. The van der Waals surface area contributed by atoms with Crippen LogP contribution in [0.4, 0.5) is 4.39 Å². The summed E-state index contributed by atoms with van der Waals surface area (Å²) in [5, 5.41) is 13.1. The average molecular weight is 464 g/mol. The lowest BCUT2D eigenvalue weighted by Gasteiger charge is -2.13. The minimum atomic E-state index is -0.648. The molecule has 0 radical (unpaired) electrons. The number of benzene rings is 2. The summed E-state index contributed by atoms with van der Waals surface area (Å²) in [5.41, 5.74) is 3.82. The van der Waals surface area contributed by atoms with Crippen molar-refractivity contribution in [2.75, 3.05) is 6.54 Å². The first-order chi connectivity index (χ1) is 13.4. The van der Waals surface area contributed by atoms with Gasteiger partial charge in [-0.2, -0.15) is 10.4 Å². The Balaban J connectivity index is 1.90. The molecule has 0 saturated heterocycles. The molecule has 2 aromatic rings. The van der Waals surface area contributed by atoms with Crippen molar-refractivity contribution in [1.82, 2.24) is 5.43 Å². The Bertz CT molecular complexity index is 1060. The van der Waals surface area contributed by atoms with Gasteiger partial charge in [0.2, 0.25) is 0 Å². The van der Waals surface area contributed by atoms with Gasteiger partial charge in [0, 0.05) is 10.9 Å². The molecule has 9 heteroatoms. The zero-order valence-corrected chi connectivity index (χ0v) is 16.9. The second-order valence-corrected chi connectivity index (χ2v) is 7.26. The van der Waals surface area contributed by atoms with Crippen LogP contribution in [0.5, 0.6) is 11.5 Å². The maximum Gasteiger partial charge on any atom is 0.284 e. The Morgan fingerprint density at radius 3 is 2.93 bits per heavy atom. The molecule has 0 aromatic heterocycles. The van der Waals surface area contributed by atoms with Crippen molar-refractivity contribution >= 4 is 44.9 Å². The van der Waals surface area contributed by atoms with E-state index >= 15 is 4.39 Å². The molecule has 2 aromatic carbocycles. The largest absolute Gasteiger partial charge is 0.453 e. The average Bonchev–Trinajstić information content (AvgIpc) is 2.82. The summed E-state index contributed by atoms with van der Waals surface area (Å²) in [6.45, 7) is 1.76. The van der Waals surface area contributed by atoms with Gasteiger partial charge in [-0.25, -0.2) is 9.82 Å². The molecule has 1 amide bonds. The molecule has 1 aliphatic heterocycles. The SMILES string of the molecule is CC1=NCC(Cc2ccc(Cl)c(Oc3cc(Br)cc(C#N)c3)c2F)=NNC1=O. The second-order valence-electron chi connectivity index (χ2n) is 5.94. The summed E-state index contributed by atoms with van der Waals surface area (Å²) in [5.74, 6) is -0.925. The zero-order valence-electron chi connectivity index (χ0n) is 14.6. The van der Waals surface area contributed by atoms with Crippen LogP contribution in [0.2, 0.25) is 5.02 Å². The summed E-state index contributed by atoms with van der Waals surface area (Å²) in [7, 11) is 0. The van der Waals surface area contributed by atoms with Crippen molar-refractivity contribution in [1.29, 1.82) is 5.26 Å². The number of rotatable bonds is 4. The molecule has 1 heterocycles. The van der Waals surface area contributed by atoms with Gasteiger partial charge < -0.3 is 4.74 Å². The van der Waals surface area contributed by atoms with Crippen LogP contribution in [-0.2, 0) is 11.2 Å². The highest BCUT2D eigenvalue weighted by Gasteiger charge is 2.18. The predicted octanol–water partition coefficient (Wildman–Crippen LogP) is 4.39. The van der Waals surface area contributed by atoms with Crippen LogP contribution in [0.15, 0.2) is 44.9 Å². The summed E-state index contributed by atoms with van der Waals surface area (Å²) in [4.78, 5) is 15.7. The third-order valence-corrected chi connectivity index (χ3v) is 4.64. The van der Waals surface area contributed by atoms with Crippen molar-refractivity contribution in [3.8, 4) is 17.6 Å². The van der Waals surface area contributed by atoms with Gasteiger partial charge in [-0.3, -0.25) is 9.79 Å². The molecule has 0 spiro atoms. The molecule has 1 N–H and O–H groups in total. The van der Waals surface area contributed by atoms with Crippen LogP contribution >= 0.6 is 27.5 Å². The van der Waals surface area contributed by atoms with E-state index in [1.165, 1.54) is 18.2 Å². The quantitative estimate of drug-likeness (QED) is 0.729. The zero-order chi connectivity index (χ0) is 20.3. The molecule has 6 nitrogen and oxygen atoms in total. The number of hydrazone groups is 1. The smallest absolute Gasteiger partial charge is 0.284 e. The maximum atomic E-state index is 15.0. The number of nitrogens with one attached hydrogen (secondary N) is 1. The first-order valence-corrected chi connectivity index (χ1v) is 9.26. The topological polar surface area (TPSA) is 86.8 Å². The summed E-state index contributed by atoms with van der Waals surface area (Å²) in [6.07, 6.45) is 0.123. The molecule has 0 saturated carbocycles. The number of hydrogen-bond acceptors (Lipinski definition) is 5. The molecule has 0 unspecified atom stereocenters. The Labute approximate surface area is 173 Å². The van der Waals surface area contributed by atoms with Crippen LogP contribution in [0.25, 0.3) is 0 Å². The molecule has 142 valence electrons. The van der Waals surface area contributed by atoms with Crippen molar-refractivity contribution < 1.29 is 13.9 Å². The Morgan fingerprint density at radius 2 is 2.18 bits per heavy atom. The van der Waals surface area contributed by atoms with E-state index in [1.807, 2.05) is 6.07 Å². The van der Waals surface area contributed by atoms with E-state index in [0.717, 1.165) is 0 Å². The number of amides is 1. The highest BCUT2D eigenvalue weighted by molar-refractivity contribution is 9.10. The van der Waals surface area contributed by atoms with E-state index in [1.54, 1.807) is 19.1 Å². The van der Waals surface area contributed by atoms with Gasteiger partial charge in [0.05, 0.1) is 34.6 Å². The van der Waals surface area contributed by atoms with Gasteiger partial charge >= 0.3 is 0 Å². The number of ether oxygens (including phenoxy) is 1. The van der Waals surface area contributed by atoms with Gasteiger partial charge in [0.15, 0.2) is 11.6 Å². The lowest BCUT2D eigenvalue weighted by Crippen LogP contribution is -2.24. The van der Waals surface area contributed by atoms with Crippen molar-refractivity contribution in [2.45, 2.75) is 13.3 Å². The molecule has 1 aliphatic rings. The number of nitriles is 1. The molecular formula is C19H13BrClFN4O2. The highest BCUT2D eigenvalue weighted by atomic mass is 79.9. The number of nitrogens with zero attached hydrogens (tertiary/aromatic N) is 3. The molecule has 28 heavy (non-hydrogen) atoms. The van der Waals surface area contributed by atoms with Gasteiger partial charge in [0.25, 0.3) is 5.91 Å². The van der Waals surface area contributed by atoms with E-state index in [9.17, 15) is 4.79 Å². The van der Waals surface area contributed by atoms with Crippen molar-refractivity contribution in [2.24, 2.45) is 10.1 Å².